The van der Waals surface area contributed by atoms with Gasteiger partial charge in [0.1, 0.15) is 4.47 Å². The maximum atomic E-state index is 11.9. The first kappa shape index (κ1) is 13.8. The number of carbonyl (C=O) groups is 1. The van der Waals surface area contributed by atoms with Crippen molar-refractivity contribution in [3.63, 3.8) is 0 Å². The van der Waals surface area contributed by atoms with Gasteiger partial charge in [-0.2, -0.15) is 0 Å². The molecule has 1 amide bonds. The smallest absolute Gasteiger partial charge is 0.292 e. The van der Waals surface area contributed by atoms with Crippen molar-refractivity contribution in [1.29, 1.82) is 0 Å². The molecular formula is C10H10BrN5O2S. The number of aromatic nitrogens is 3. The molecule has 100 valence electrons. The zero-order chi connectivity index (χ0) is 14.0. The van der Waals surface area contributed by atoms with E-state index in [1.807, 2.05) is 5.43 Å². The molecule has 2 aromatic rings. The Bertz CT molecular complexity index is 681. The zero-order valence-corrected chi connectivity index (χ0v) is 12.3. The van der Waals surface area contributed by atoms with Crippen LogP contribution in [0.1, 0.15) is 21.2 Å². The summed E-state index contributed by atoms with van der Waals surface area (Å²) < 4.78 is 1.83. The fourth-order valence-electron chi connectivity index (χ4n) is 1.38. The van der Waals surface area contributed by atoms with Crippen LogP contribution in [0.5, 0.6) is 0 Å². The van der Waals surface area contributed by atoms with Crippen LogP contribution in [0.3, 0.4) is 0 Å². The first-order chi connectivity index (χ1) is 9.02. The van der Waals surface area contributed by atoms with Gasteiger partial charge in [-0.1, -0.05) is 0 Å². The zero-order valence-electron chi connectivity index (χ0n) is 9.88. The largest absolute Gasteiger partial charge is 0.294 e. The third-order valence-corrected chi connectivity index (χ3v) is 4.17. The fraction of sp³-hybridized carbons (Fsp3) is 0.200. The third-order valence-electron chi connectivity index (χ3n) is 2.37. The number of thiazole rings is 1. The molecule has 2 aromatic heterocycles. The van der Waals surface area contributed by atoms with E-state index in [1.54, 1.807) is 12.3 Å². The number of aryl methyl sites for hydroxylation is 1. The minimum Gasteiger partial charge on any atom is -0.292 e. The van der Waals surface area contributed by atoms with Gasteiger partial charge in [0.2, 0.25) is 0 Å². The van der Waals surface area contributed by atoms with Crippen LogP contribution in [0.4, 0.5) is 0 Å². The van der Waals surface area contributed by atoms with E-state index in [2.05, 4.69) is 25.9 Å². The Balaban J connectivity index is 2.27. The van der Waals surface area contributed by atoms with Gasteiger partial charge in [-0.25, -0.2) is 15.8 Å². The lowest BCUT2D eigenvalue weighted by Crippen LogP contribution is -2.30. The molecule has 9 heteroatoms. The maximum absolute atomic E-state index is 11.9. The van der Waals surface area contributed by atoms with Crippen LogP contribution in [0.25, 0.3) is 0 Å². The molecule has 19 heavy (non-hydrogen) atoms. The summed E-state index contributed by atoms with van der Waals surface area (Å²) in [6, 6.07) is 0. The minimum atomic E-state index is -0.452. The maximum Gasteiger partial charge on any atom is 0.294 e. The van der Waals surface area contributed by atoms with Crippen molar-refractivity contribution >= 4 is 33.2 Å². The van der Waals surface area contributed by atoms with Crippen molar-refractivity contribution in [2.45, 2.75) is 13.5 Å². The lowest BCUT2D eigenvalue weighted by molar-refractivity contribution is 0.0953. The predicted molar refractivity (Wildman–Crippen MR) is 73.8 cm³/mol. The number of hydrogen-bond donors (Lipinski definition) is 2. The first-order valence-corrected chi connectivity index (χ1v) is 6.87. The number of nitrogens with one attached hydrogen (secondary N) is 1. The molecule has 0 unspecified atom stereocenters. The highest BCUT2D eigenvalue weighted by Gasteiger charge is 2.11. The molecule has 0 saturated carbocycles. The summed E-state index contributed by atoms with van der Waals surface area (Å²) >= 11 is 4.35. The molecule has 0 aliphatic rings. The normalized spacial score (nSPS) is 10.5. The van der Waals surface area contributed by atoms with Gasteiger partial charge in [-0.3, -0.25) is 19.6 Å². The molecule has 0 fully saturated rings. The molecule has 0 atom stereocenters. The van der Waals surface area contributed by atoms with Gasteiger partial charge < -0.3 is 0 Å². The highest BCUT2D eigenvalue weighted by molar-refractivity contribution is 9.10. The summed E-state index contributed by atoms with van der Waals surface area (Å²) in [6.07, 6.45) is 1.45. The standard InChI is InChI=1S/C10H10BrN5O2S/c1-5-7(11)10(18)16(4-13-5)2-6-3-19-9(14-6)8(17)15-12/h3-4H,2,12H2,1H3,(H,15,17). The number of carbonyl (C=O) groups excluding carboxylic acids is 1. The Kier molecular flexibility index (Phi) is 4.08. The van der Waals surface area contributed by atoms with Crippen LogP contribution in [-0.2, 0) is 6.54 Å². The monoisotopic (exact) mass is 343 g/mol. The van der Waals surface area contributed by atoms with Gasteiger partial charge in [0.15, 0.2) is 5.01 Å². The van der Waals surface area contributed by atoms with Crippen molar-refractivity contribution in [2.75, 3.05) is 0 Å². The lowest BCUT2D eigenvalue weighted by Gasteiger charge is -2.04. The molecule has 0 spiro atoms. The second-order valence-corrected chi connectivity index (χ2v) is 5.35. The molecule has 0 saturated heterocycles. The fourth-order valence-corrected chi connectivity index (χ4v) is 2.42. The molecule has 0 bridgehead atoms. The SMILES string of the molecule is Cc1ncn(Cc2csc(C(=O)NN)n2)c(=O)c1Br. The first-order valence-electron chi connectivity index (χ1n) is 5.20. The highest BCUT2D eigenvalue weighted by atomic mass is 79.9. The van der Waals surface area contributed by atoms with E-state index in [0.717, 1.165) is 11.3 Å². The number of nitrogen functional groups attached to an aromatic ring is 1. The number of amides is 1. The molecule has 0 aromatic carbocycles. The summed E-state index contributed by atoms with van der Waals surface area (Å²) in [5, 5.41) is 1.95. The van der Waals surface area contributed by atoms with Crippen molar-refractivity contribution in [3.8, 4) is 0 Å². The van der Waals surface area contributed by atoms with E-state index in [1.165, 1.54) is 10.9 Å². The highest BCUT2D eigenvalue weighted by Crippen LogP contribution is 2.11. The van der Waals surface area contributed by atoms with Gasteiger partial charge in [-0.05, 0) is 22.9 Å². The molecule has 2 rings (SSSR count). The van der Waals surface area contributed by atoms with E-state index < -0.39 is 5.91 Å². The molecule has 7 nitrogen and oxygen atoms in total. The van der Waals surface area contributed by atoms with Crippen LogP contribution >= 0.6 is 27.3 Å². The number of hydrogen-bond acceptors (Lipinski definition) is 6. The Morgan fingerprint density at radius 2 is 2.37 bits per heavy atom. The Morgan fingerprint density at radius 3 is 3.05 bits per heavy atom. The van der Waals surface area contributed by atoms with Crippen LogP contribution < -0.4 is 16.8 Å². The van der Waals surface area contributed by atoms with Crippen LogP contribution in [0, 0.1) is 6.92 Å². The molecule has 0 aliphatic heterocycles. The summed E-state index contributed by atoms with van der Waals surface area (Å²) in [7, 11) is 0. The van der Waals surface area contributed by atoms with Gasteiger partial charge in [-0.15, -0.1) is 11.3 Å². The lowest BCUT2D eigenvalue weighted by atomic mass is 10.4. The van der Waals surface area contributed by atoms with Crippen molar-refractivity contribution in [1.82, 2.24) is 20.0 Å². The Morgan fingerprint density at radius 1 is 1.63 bits per heavy atom. The average molecular weight is 344 g/mol. The topological polar surface area (TPSA) is 103 Å². The van der Waals surface area contributed by atoms with E-state index in [-0.39, 0.29) is 17.1 Å². The van der Waals surface area contributed by atoms with E-state index in [4.69, 9.17) is 5.84 Å². The van der Waals surface area contributed by atoms with E-state index in [0.29, 0.717) is 15.9 Å². The predicted octanol–water partition coefficient (Wildman–Crippen LogP) is 0.423. The van der Waals surface area contributed by atoms with Gasteiger partial charge in [0.05, 0.1) is 24.3 Å². The van der Waals surface area contributed by atoms with E-state index >= 15 is 0 Å². The average Bonchev–Trinajstić information content (AvgIpc) is 2.87. The van der Waals surface area contributed by atoms with Gasteiger partial charge >= 0.3 is 0 Å². The molecule has 0 radical (unpaired) electrons. The second-order valence-electron chi connectivity index (χ2n) is 3.69. The quantitative estimate of drug-likeness (QED) is 0.477. The number of nitrogens with two attached hydrogens (primary N) is 1. The Labute approximate surface area is 120 Å². The van der Waals surface area contributed by atoms with Crippen molar-refractivity contribution < 1.29 is 4.79 Å². The number of rotatable bonds is 3. The van der Waals surface area contributed by atoms with E-state index in [9.17, 15) is 9.59 Å². The van der Waals surface area contributed by atoms with Crippen LogP contribution in [0.2, 0.25) is 0 Å². The van der Waals surface area contributed by atoms with Gasteiger partial charge in [0.25, 0.3) is 11.5 Å². The summed E-state index contributed by atoms with van der Waals surface area (Å²) in [4.78, 5) is 31.4. The van der Waals surface area contributed by atoms with Crippen molar-refractivity contribution in [2.24, 2.45) is 5.84 Å². The number of hydrazine groups is 1. The summed E-state index contributed by atoms with van der Waals surface area (Å²) in [6.45, 7) is 1.99. The summed E-state index contributed by atoms with van der Waals surface area (Å²) in [5.74, 6) is 4.57. The molecule has 0 aliphatic carbocycles. The Hall–Kier alpha value is -1.58. The molecule has 3 N–H and O–H groups in total. The minimum absolute atomic E-state index is 0.190. The van der Waals surface area contributed by atoms with Gasteiger partial charge in [0, 0.05) is 5.38 Å². The summed E-state index contributed by atoms with van der Waals surface area (Å²) in [5.41, 5.74) is 3.05. The van der Waals surface area contributed by atoms with Crippen LogP contribution in [0.15, 0.2) is 21.0 Å². The number of nitrogens with zero attached hydrogens (tertiary/aromatic N) is 3. The third kappa shape index (κ3) is 2.88. The van der Waals surface area contributed by atoms with Crippen molar-refractivity contribution in [3.05, 3.63) is 42.9 Å². The molecular weight excluding hydrogens is 334 g/mol. The number of halogens is 1. The molecule has 2 heterocycles. The second kappa shape index (κ2) is 5.59. The van der Waals surface area contributed by atoms with Crippen LogP contribution in [-0.4, -0.2) is 20.4 Å².